The van der Waals surface area contributed by atoms with E-state index in [1.165, 1.54) is 32.0 Å². The van der Waals surface area contributed by atoms with E-state index in [4.69, 9.17) is 4.11 Å². The Bertz CT molecular complexity index is 2600. The van der Waals surface area contributed by atoms with Crippen molar-refractivity contribution < 1.29 is 24.2 Å². The molecule has 0 aliphatic carbocycles. The van der Waals surface area contributed by atoms with E-state index in [0.29, 0.717) is 16.8 Å². The van der Waals surface area contributed by atoms with Crippen LogP contribution in [0.1, 0.15) is 46.1 Å². The van der Waals surface area contributed by atoms with Gasteiger partial charge in [0.15, 0.2) is 0 Å². The van der Waals surface area contributed by atoms with Gasteiger partial charge in [0.05, 0.1) is 8.07 Å². The second-order valence-electron chi connectivity index (χ2n) is 14.3. The average molecular weight is 904 g/mol. The van der Waals surface area contributed by atoms with Crippen molar-refractivity contribution in [3.63, 3.8) is 0 Å². The van der Waals surface area contributed by atoms with E-state index in [9.17, 15) is 0 Å². The fourth-order valence-corrected chi connectivity index (χ4v) is 9.44. The molecule has 8 rings (SSSR count). The van der Waals surface area contributed by atoms with Crippen LogP contribution < -0.4 is 5.19 Å². The number of hydrogen-bond acceptors (Lipinski definition) is 3. The zero-order chi connectivity index (χ0) is 39.0. The number of pyridine rings is 2. The van der Waals surface area contributed by atoms with Crippen molar-refractivity contribution in [2.24, 2.45) is 0 Å². The van der Waals surface area contributed by atoms with Crippen LogP contribution >= 0.6 is 11.3 Å². The Kier molecular flexibility index (Phi) is 10.8. The minimum absolute atomic E-state index is 0. The fraction of sp³-hybridized carbons (Fsp3) is 0.167. The summed E-state index contributed by atoms with van der Waals surface area (Å²) in [7, 11) is -1.27. The molecular formula is C48H44IrN2SSi-2. The third-order valence-corrected chi connectivity index (χ3v) is 12.5. The van der Waals surface area contributed by atoms with Gasteiger partial charge >= 0.3 is 0 Å². The monoisotopic (exact) mass is 904 g/mol. The van der Waals surface area contributed by atoms with E-state index < -0.39 is 20.3 Å². The van der Waals surface area contributed by atoms with Gasteiger partial charge in [0.25, 0.3) is 0 Å². The molecule has 5 aromatic carbocycles. The molecule has 8 aromatic rings. The largest absolute Gasteiger partial charge is 0.305 e. The van der Waals surface area contributed by atoms with E-state index in [1.54, 1.807) is 35.7 Å². The number of aromatic nitrogens is 2. The molecule has 0 atom stereocenters. The van der Waals surface area contributed by atoms with E-state index in [-0.39, 0.29) is 20.1 Å². The number of nitrogens with zero attached hydrogens (tertiary/aromatic N) is 2. The smallest absolute Gasteiger partial charge is 0.0798 e. The van der Waals surface area contributed by atoms with Crippen LogP contribution in [0.3, 0.4) is 0 Å². The molecule has 0 unspecified atom stereocenters. The summed E-state index contributed by atoms with van der Waals surface area (Å²) in [5, 5.41) is 3.79. The number of thiophene rings is 1. The summed E-state index contributed by atoms with van der Waals surface area (Å²) >= 11 is 1.72. The van der Waals surface area contributed by atoms with E-state index >= 15 is 0 Å². The van der Waals surface area contributed by atoms with Gasteiger partial charge in [-0.05, 0) is 85.8 Å². The summed E-state index contributed by atoms with van der Waals surface area (Å²) in [4.78, 5) is 9.21. The van der Waals surface area contributed by atoms with Gasteiger partial charge in [0.1, 0.15) is 0 Å². The molecule has 3 aromatic heterocycles. The maximum absolute atomic E-state index is 8.93. The molecule has 267 valence electrons. The zero-order valence-electron chi connectivity index (χ0n) is 33.9. The topological polar surface area (TPSA) is 25.8 Å². The molecule has 0 spiro atoms. The Labute approximate surface area is 337 Å². The van der Waals surface area contributed by atoms with Crippen LogP contribution in [0, 0.1) is 19.1 Å². The number of aryl methyl sites for hydroxylation is 1. The predicted molar refractivity (Wildman–Crippen MR) is 226 cm³/mol. The normalized spacial score (nSPS) is 12.6. The fourth-order valence-electron chi connectivity index (χ4n) is 6.48. The molecule has 0 saturated carbocycles. The summed E-state index contributed by atoms with van der Waals surface area (Å²) in [6.45, 7) is 12.9. The van der Waals surface area contributed by atoms with Crippen LogP contribution in [0.5, 0.6) is 0 Å². The van der Waals surface area contributed by atoms with Gasteiger partial charge < -0.3 is 9.97 Å². The molecule has 3 heterocycles. The van der Waals surface area contributed by atoms with Gasteiger partial charge in [0.2, 0.25) is 0 Å². The second kappa shape index (κ2) is 16.7. The predicted octanol–water partition coefficient (Wildman–Crippen LogP) is 12.7. The average Bonchev–Trinajstić information content (AvgIpc) is 3.56. The van der Waals surface area contributed by atoms with E-state index in [1.807, 2.05) is 62.4 Å². The van der Waals surface area contributed by atoms with Crippen molar-refractivity contribution in [2.45, 2.75) is 52.7 Å². The summed E-state index contributed by atoms with van der Waals surface area (Å²) in [6.07, 6.45) is 2.02. The molecule has 0 saturated heterocycles. The Hall–Kier alpha value is -4.51. The van der Waals surface area contributed by atoms with Gasteiger partial charge in [0, 0.05) is 41.3 Å². The minimum Gasteiger partial charge on any atom is -0.305 e. The molecule has 0 N–H and O–H groups in total. The summed E-state index contributed by atoms with van der Waals surface area (Å²) in [5.74, 6) is -0.726. The Balaban J connectivity index is 0.000000248. The van der Waals surface area contributed by atoms with Gasteiger partial charge in [-0.15, -0.1) is 59.7 Å². The first-order valence-electron chi connectivity index (χ1n) is 19.1. The Morgan fingerprint density at radius 3 is 2.21 bits per heavy atom. The summed E-state index contributed by atoms with van der Waals surface area (Å²) < 4.78 is 28.4. The van der Waals surface area contributed by atoms with Crippen LogP contribution in [-0.2, 0) is 26.5 Å². The molecule has 5 heteroatoms. The van der Waals surface area contributed by atoms with Gasteiger partial charge in [-0.1, -0.05) is 123 Å². The van der Waals surface area contributed by atoms with Crippen LogP contribution in [0.4, 0.5) is 0 Å². The molecule has 0 aliphatic rings. The van der Waals surface area contributed by atoms with E-state index in [0.717, 1.165) is 32.5 Å². The van der Waals surface area contributed by atoms with Crippen LogP contribution in [0.15, 0.2) is 140 Å². The molecule has 0 bridgehead atoms. The first kappa shape index (κ1) is 34.3. The number of hydrogen-bond donors (Lipinski definition) is 0. The molecule has 0 amide bonds. The van der Waals surface area contributed by atoms with Crippen molar-refractivity contribution in [2.75, 3.05) is 0 Å². The van der Waals surface area contributed by atoms with Crippen molar-refractivity contribution in [1.82, 2.24) is 9.97 Å². The van der Waals surface area contributed by atoms with Crippen molar-refractivity contribution >= 4 is 44.8 Å². The third-order valence-electron chi connectivity index (χ3n) is 9.21. The number of benzene rings is 5. The first-order chi connectivity index (χ1) is 26.2. The SMILES string of the molecule is Cc1cc(-c2[c-]cccc2)ncc1[Si](C)(C)C.[2H]C(C)(C)c1ccc(C([2H])([2H])c2ccnc(-c3[c-]ccc4c3sc3cc(-c5ccccc5)ccc34)c2)cc1.[Ir]. The first-order valence-corrected chi connectivity index (χ1v) is 22.0. The summed E-state index contributed by atoms with van der Waals surface area (Å²) in [5.41, 5.74) is 9.35. The standard InChI is InChI=1S/C33H26NS.C15H18NSi.Ir/c1-22(2)25-13-11-23(12-14-25)19-24-17-18-34-31(20-24)30-10-6-9-29-28-16-15-27(21-32(28)35-33(29)30)26-7-4-3-5-8-26;1-12-10-14(13-8-6-5-7-9-13)16-11-15(12)17(2,3)4;/h3-9,11-18,20-22H,19H2,1-2H3;5-8,10-11H,1-4H3;/q2*-1;/i19D2,22D;;. The second-order valence-corrected chi connectivity index (χ2v) is 20.4. The Morgan fingerprint density at radius 1 is 0.736 bits per heavy atom. The van der Waals surface area contributed by atoms with Crippen molar-refractivity contribution in [1.29, 1.82) is 0 Å². The number of rotatable bonds is 7. The molecule has 53 heavy (non-hydrogen) atoms. The molecular weight excluding hydrogens is 857 g/mol. The van der Waals surface area contributed by atoms with Crippen LogP contribution in [-0.4, -0.2) is 18.0 Å². The molecule has 2 nitrogen and oxygen atoms in total. The zero-order valence-corrected chi connectivity index (χ0v) is 35.1. The molecule has 0 fully saturated rings. The van der Waals surface area contributed by atoms with E-state index in [2.05, 4.69) is 116 Å². The van der Waals surface area contributed by atoms with Gasteiger partial charge in [-0.2, -0.15) is 11.3 Å². The van der Waals surface area contributed by atoms with Gasteiger partial charge in [-0.25, -0.2) is 0 Å². The van der Waals surface area contributed by atoms with Crippen molar-refractivity contribution in [3.05, 3.63) is 174 Å². The van der Waals surface area contributed by atoms with Crippen LogP contribution in [0.2, 0.25) is 19.6 Å². The third kappa shape index (κ3) is 8.83. The van der Waals surface area contributed by atoms with Crippen LogP contribution in [0.25, 0.3) is 53.8 Å². The Morgan fingerprint density at radius 2 is 1.51 bits per heavy atom. The van der Waals surface area contributed by atoms with Crippen molar-refractivity contribution in [3.8, 4) is 33.6 Å². The summed E-state index contributed by atoms with van der Waals surface area (Å²) in [6, 6.07) is 48.6. The maximum atomic E-state index is 8.93. The number of fused-ring (bicyclic) bond motifs is 3. The quantitative estimate of drug-likeness (QED) is 0.118. The minimum atomic E-state index is -1.71. The molecule has 0 aliphatic heterocycles. The molecule has 1 radical (unpaired) electrons. The maximum Gasteiger partial charge on any atom is 0.0798 e. The van der Waals surface area contributed by atoms with Gasteiger partial charge in [-0.3, -0.25) is 0 Å².